The quantitative estimate of drug-likeness (QED) is 0.310. The summed E-state index contributed by atoms with van der Waals surface area (Å²) < 4.78 is 6.51. The summed E-state index contributed by atoms with van der Waals surface area (Å²) in [4.78, 5) is 9.34. The van der Waals surface area contributed by atoms with Crippen molar-refractivity contribution in [3.63, 3.8) is 0 Å². The summed E-state index contributed by atoms with van der Waals surface area (Å²) in [7, 11) is 0. The predicted molar refractivity (Wildman–Crippen MR) is 122 cm³/mol. The van der Waals surface area contributed by atoms with E-state index in [0.717, 1.165) is 38.9 Å². The Morgan fingerprint density at radius 1 is 0.833 bits per heavy atom. The molecule has 6 rings (SSSR count). The summed E-state index contributed by atoms with van der Waals surface area (Å²) in [6.45, 7) is 8.73. The van der Waals surface area contributed by atoms with Gasteiger partial charge in [-0.1, -0.05) is 32.0 Å². The van der Waals surface area contributed by atoms with E-state index in [-0.39, 0.29) is 5.41 Å². The Hall–Kier alpha value is -3.46. The van der Waals surface area contributed by atoms with Crippen LogP contribution in [-0.2, 0) is 5.41 Å². The molecule has 3 heterocycles. The highest BCUT2D eigenvalue weighted by molar-refractivity contribution is 6.11. The van der Waals surface area contributed by atoms with Crippen LogP contribution in [0.3, 0.4) is 0 Å². The average Bonchev–Trinajstić information content (AvgIpc) is 3.19. The van der Waals surface area contributed by atoms with Gasteiger partial charge in [-0.2, -0.15) is 0 Å². The number of hydrogen-bond acceptors (Lipinski definition) is 3. The van der Waals surface area contributed by atoms with E-state index in [9.17, 15) is 0 Å². The van der Waals surface area contributed by atoms with Crippen LogP contribution in [0.2, 0.25) is 0 Å². The molecule has 0 N–H and O–H groups in total. The maximum absolute atomic E-state index is 6.51. The van der Waals surface area contributed by atoms with E-state index in [2.05, 4.69) is 69.1 Å². The van der Waals surface area contributed by atoms with Gasteiger partial charge in [0.05, 0.1) is 11.4 Å². The average molecular weight is 390 g/mol. The van der Waals surface area contributed by atoms with E-state index >= 15 is 0 Å². The molecular formula is C27H22N2O. The number of nitrogens with zero attached hydrogens (tertiary/aromatic N) is 2. The highest BCUT2D eigenvalue weighted by Crippen LogP contribution is 2.50. The third-order valence-electron chi connectivity index (χ3n) is 6.52. The highest BCUT2D eigenvalue weighted by Gasteiger charge is 2.37. The van der Waals surface area contributed by atoms with E-state index in [1.807, 2.05) is 24.5 Å². The van der Waals surface area contributed by atoms with Crippen molar-refractivity contribution in [3.8, 4) is 22.4 Å². The zero-order valence-electron chi connectivity index (χ0n) is 17.6. The molecule has 0 atom stereocenters. The van der Waals surface area contributed by atoms with Crippen LogP contribution in [0.1, 0.15) is 36.2 Å². The van der Waals surface area contributed by atoms with Crippen molar-refractivity contribution < 1.29 is 4.42 Å². The maximum atomic E-state index is 6.51. The molecule has 1 aliphatic rings. The van der Waals surface area contributed by atoms with Crippen LogP contribution in [0.5, 0.6) is 0 Å². The molecule has 0 saturated heterocycles. The molecule has 0 amide bonds. The van der Waals surface area contributed by atoms with Crippen molar-refractivity contribution in [2.24, 2.45) is 0 Å². The van der Waals surface area contributed by atoms with Crippen molar-refractivity contribution in [1.29, 1.82) is 0 Å². The van der Waals surface area contributed by atoms with Crippen LogP contribution < -0.4 is 0 Å². The molecule has 0 aliphatic heterocycles. The molecule has 30 heavy (non-hydrogen) atoms. The summed E-state index contributed by atoms with van der Waals surface area (Å²) in [6.07, 6.45) is 3.75. The van der Waals surface area contributed by atoms with E-state index in [1.54, 1.807) is 0 Å². The molecule has 0 saturated carbocycles. The number of aryl methyl sites for hydroxylation is 2. The lowest BCUT2D eigenvalue weighted by Gasteiger charge is -2.19. The monoisotopic (exact) mass is 390 g/mol. The van der Waals surface area contributed by atoms with Crippen LogP contribution in [0.15, 0.2) is 65.3 Å². The summed E-state index contributed by atoms with van der Waals surface area (Å²) in [5.41, 5.74) is 11.0. The molecule has 3 nitrogen and oxygen atoms in total. The van der Waals surface area contributed by atoms with Crippen molar-refractivity contribution in [2.45, 2.75) is 33.1 Å². The predicted octanol–water partition coefficient (Wildman–Crippen LogP) is 6.97. The topological polar surface area (TPSA) is 38.9 Å². The van der Waals surface area contributed by atoms with Gasteiger partial charge in [-0.05, 0) is 66.4 Å². The van der Waals surface area contributed by atoms with Crippen molar-refractivity contribution >= 4 is 21.9 Å². The Morgan fingerprint density at radius 3 is 2.53 bits per heavy atom. The Labute approximate surface area is 175 Å². The lowest BCUT2D eigenvalue weighted by molar-refractivity contribution is 0.636. The number of aromatic nitrogens is 2. The Balaban J connectivity index is 1.70. The molecule has 0 bridgehead atoms. The highest BCUT2D eigenvalue weighted by atomic mass is 16.3. The normalized spacial score (nSPS) is 14.3. The van der Waals surface area contributed by atoms with Gasteiger partial charge < -0.3 is 4.42 Å². The summed E-state index contributed by atoms with van der Waals surface area (Å²) in [5.74, 6) is 0. The molecule has 3 aromatic heterocycles. The molecule has 0 spiro atoms. The number of hydrogen-bond donors (Lipinski definition) is 0. The molecule has 0 radical (unpaired) electrons. The molecular weight excluding hydrogens is 368 g/mol. The zero-order chi connectivity index (χ0) is 20.6. The standard InChI is InChI=1S/C27H22N2O/c1-15-9-11-28-22(12-15)24-16(2)7-8-17-20-13-21-19(14-23(20)30-25(17)24)18-6-5-10-29-26(18)27(21,3)4/h5-14H,1-4H3. The Morgan fingerprint density at radius 2 is 1.70 bits per heavy atom. The maximum Gasteiger partial charge on any atom is 0.145 e. The van der Waals surface area contributed by atoms with Gasteiger partial charge in [-0.25, -0.2) is 0 Å². The Bertz CT molecular complexity index is 1490. The van der Waals surface area contributed by atoms with Crippen molar-refractivity contribution in [3.05, 3.63) is 83.3 Å². The second-order valence-electron chi connectivity index (χ2n) is 8.87. The molecule has 2 aromatic carbocycles. The van der Waals surface area contributed by atoms with Crippen molar-refractivity contribution in [1.82, 2.24) is 9.97 Å². The van der Waals surface area contributed by atoms with Gasteiger partial charge in [0, 0.05) is 39.7 Å². The second kappa shape index (κ2) is 5.79. The van der Waals surface area contributed by atoms with E-state index in [4.69, 9.17) is 9.40 Å². The third kappa shape index (κ3) is 2.20. The van der Waals surface area contributed by atoms with Crippen LogP contribution in [0.25, 0.3) is 44.3 Å². The van der Waals surface area contributed by atoms with Gasteiger partial charge in [0.15, 0.2) is 0 Å². The molecule has 5 aromatic rings. The fourth-order valence-electron chi connectivity index (χ4n) is 4.96. The van der Waals surface area contributed by atoms with Gasteiger partial charge >= 0.3 is 0 Å². The first kappa shape index (κ1) is 17.4. The summed E-state index contributed by atoms with van der Waals surface area (Å²) in [5, 5.41) is 2.29. The third-order valence-corrected chi connectivity index (χ3v) is 6.52. The van der Waals surface area contributed by atoms with E-state index in [0.29, 0.717) is 0 Å². The minimum absolute atomic E-state index is 0.130. The number of furan rings is 1. The van der Waals surface area contributed by atoms with Crippen LogP contribution >= 0.6 is 0 Å². The molecule has 0 unspecified atom stereocenters. The van der Waals surface area contributed by atoms with Gasteiger partial charge in [0.2, 0.25) is 0 Å². The molecule has 1 aliphatic carbocycles. The van der Waals surface area contributed by atoms with Gasteiger partial charge in [0.25, 0.3) is 0 Å². The van der Waals surface area contributed by atoms with Crippen LogP contribution in [-0.4, -0.2) is 9.97 Å². The fourth-order valence-corrected chi connectivity index (χ4v) is 4.96. The fraction of sp³-hybridized carbons (Fsp3) is 0.185. The van der Waals surface area contributed by atoms with Crippen LogP contribution in [0.4, 0.5) is 0 Å². The lowest BCUT2D eigenvalue weighted by Crippen LogP contribution is -2.16. The van der Waals surface area contributed by atoms with E-state index in [1.165, 1.54) is 27.8 Å². The van der Waals surface area contributed by atoms with Gasteiger partial charge in [-0.3, -0.25) is 9.97 Å². The van der Waals surface area contributed by atoms with Crippen molar-refractivity contribution in [2.75, 3.05) is 0 Å². The number of benzene rings is 2. The first-order valence-electron chi connectivity index (χ1n) is 10.3. The van der Waals surface area contributed by atoms with Gasteiger partial charge in [-0.15, -0.1) is 0 Å². The number of fused-ring (bicyclic) bond motifs is 6. The number of pyridine rings is 2. The minimum Gasteiger partial charge on any atom is -0.455 e. The largest absolute Gasteiger partial charge is 0.455 e. The number of rotatable bonds is 1. The zero-order valence-corrected chi connectivity index (χ0v) is 17.6. The second-order valence-corrected chi connectivity index (χ2v) is 8.87. The SMILES string of the molecule is Cc1ccnc(-c2c(C)ccc3c2oc2cc4c(cc23)C(C)(C)c2ncccc2-4)c1. The smallest absolute Gasteiger partial charge is 0.145 e. The summed E-state index contributed by atoms with van der Waals surface area (Å²) >= 11 is 0. The molecule has 146 valence electrons. The van der Waals surface area contributed by atoms with Crippen LogP contribution in [0, 0.1) is 13.8 Å². The minimum atomic E-state index is -0.130. The first-order chi connectivity index (χ1) is 14.4. The Kier molecular flexibility index (Phi) is 3.36. The molecule has 0 fully saturated rings. The van der Waals surface area contributed by atoms with E-state index < -0.39 is 0 Å². The van der Waals surface area contributed by atoms with Gasteiger partial charge in [0.1, 0.15) is 11.2 Å². The summed E-state index contributed by atoms with van der Waals surface area (Å²) in [6, 6.07) is 17.2. The lowest BCUT2D eigenvalue weighted by atomic mass is 9.84. The first-order valence-corrected chi connectivity index (χ1v) is 10.3. The molecule has 3 heteroatoms.